The van der Waals surface area contributed by atoms with Crippen LogP contribution in [0.1, 0.15) is 40.6 Å². The largest absolute Gasteiger partial charge is 0.432 e. The number of hydrogen-bond acceptors (Lipinski definition) is 2. The van der Waals surface area contributed by atoms with Crippen LogP contribution in [-0.2, 0) is 6.18 Å². The molecule has 1 saturated heterocycles. The van der Waals surface area contributed by atoms with Gasteiger partial charge in [0.05, 0.1) is 11.8 Å². The summed E-state index contributed by atoms with van der Waals surface area (Å²) in [6, 6.07) is 2.59. The van der Waals surface area contributed by atoms with Crippen molar-refractivity contribution in [1.82, 2.24) is 14.9 Å². The van der Waals surface area contributed by atoms with Crippen LogP contribution in [0, 0.1) is 11.6 Å². The van der Waals surface area contributed by atoms with Crippen LogP contribution in [0.5, 0.6) is 0 Å². The Morgan fingerprint density at radius 3 is 2.72 bits per heavy atom. The molecule has 1 N–H and O–H groups in total. The Labute approximate surface area is 139 Å². The van der Waals surface area contributed by atoms with Gasteiger partial charge in [0.15, 0.2) is 0 Å². The summed E-state index contributed by atoms with van der Waals surface area (Å²) in [5.41, 5.74) is -1.35. The van der Waals surface area contributed by atoms with Gasteiger partial charge in [0, 0.05) is 19.0 Å². The van der Waals surface area contributed by atoms with Crippen LogP contribution in [0.4, 0.5) is 22.0 Å². The summed E-state index contributed by atoms with van der Waals surface area (Å²) in [6.07, 6.45) is -2.75. The maximum atomic E-state index is 13.8. The summed E-state index contributed by atoms with van der Waals surface area (Å²) in [5, 5.41) is 0. The third-order valence-corrected chi connectivity index (χ3v) is 4.15. The van der Waals surface area contributed by atoms with Crippen molar-refractivity contribution in [1.29, 1.82) is 0 Å². The van der Waals surface area contributed by atoms with E-state index in [4.69, 9.17) is 0 Å². The van der Waals surface area contributed by atoms with E-state index in [-0.39, 0.29) is 12.4 Å². The van der Waals surface area contributed by atoms with Gasteiger partial charge < -0.3 is 9.88 Å². The number of hydrogen-bond donors (Lipinski definition) is 1. The molecule has 0 aliphatic carbocycles. The number of nitrogens with zero attached hydrogens (tertiary/aromatic N) is 2. The molecule has 1 aliphatic rings. The molecule has 1 aromatic heterocycles. The Kier molecular flexibility index (Phi) is 4.49. The first kappa shape index (κ1) is 17.4. The number of H-pyrrole nitrogens is 1. The summed E-state index contributed by atoms with van der Waals surface area (Å²) in [4.78, 5) is 19.7. The lowest BCUT2D eigenvalue weighted by atomic mass is 9.96. The third kappa shape index (κ3) is 3.64. The lowest BCUT2D eigenvalue weighted by molar-refractivity contribution is -0.141. The lowest BCUT2D eigenvalue weighted by Crippen LogP contribution is -2.39. The Bertz CT molecular complexity index is 786. The Hall–Kier alpha value is -2.45. The number of carbonyl (C=O) groups excluding carboxylic acids is 1. The quantitative estimate of drug-likeness (QED) is 0.831. The Morgan fingerprint density at radius 1 is 1.28 bits per heavy atom. The van der Waals surface area contributed by atoms with Gasteiger partial charge in [0.2, 0.25) is 0 Å². The number of aromatic nitrogens is 2. The summed E-state index contributed by atoms with van der Waals surface area (Å²) >= 11 is 0. The van der Waals surface area contributed by atoms with E-state index in [1.165, 1.54) is 4.90 Å². The van der Waals surface area contributed by atoms with Crippen molar-refractivity contribution >= 4 is 5.91 Å². The fraction of sp³-hybridized carbons (Fsp3) is 0.375. The number of imidazole rings is 1. The molecule has 134 valence electrons. The summed E-state index contributed by atoms with van der Waals surface area (Å²) in [6.45, 7) is 0.401. The van der Waals surface area contributed by atoms with Gasteiger partial charge in [-0.25, -0.2) is 13.8 Å². The summed E-state index contributed by atoms with van der Waals surface area (Å²) in [5.74, 6) is -2.57. The predicted octanol–water partition coefficient (Wildman–Crippen LogP) is 3.73. The van der Waals surface area contributed by atoms with E-state index < -0.39 is 40.9 Å². The minimum absolute atomic E-state index is 0.0829. The topological polar surface area (TPSA) is 49.0 Å². The summed E-state index contributed by atoms with van der Waals surface area (Å²) < 4.78 is 65.0. The molecule has 0 spiro atoms. The number of nitrogens with one attached hydrogen (secondary N) is 1. The molecule has 4 nitrogen and oxygen atoms in total. The fourth-order valence-electron chi connectivity index (χ4n) is 2.90. The SMILES string of the molecule is O=C(c1cc(F)ccc1F)N1CCC[C@H](c2ncc(C(F)(F)F)[nH]2)C1. The Balaban J connectivity index is 1.78. The molecule has 2 heterocycles. The molecule has 0 unspecified atom stereocenters. The average molecular weight is 359 g/mol. The normalized spacial score (nSPS) is 18.4. The molecule has 0 bridgehead atoms. The van der Waals surface area contributed by atoms with Crippen molar-refractivity contribution in [3.8, 4) is 0 Å². The molecular weight excluding hydrogens is 345 g/mol. The van der Waals surface area contributed by atoms with Crippen LogP contribution in [0.15, 0.2) is 24.4 Å². The van der Waals surface area contributed by atoms with Crippen LogP contribution in [0.2, 0.25) is 0 Å². The second kappa shape index (κ2) is 6.45. The highest BCUT2D eigenvalue weighted by Crippen LogP contribution is 2.31. The molecule has 3 rings (SSSR count). The van der Waals surface area contributed by atoms with Gasteiger partial charge in [-0.2, -0.15) is 13.2 Å². The zero-order valence-electron chi connectivity index (χ0n) is 12.9. The molecule has 0 radical (unpaired) electrons. The summed E-state index contributed by atoms with van der Waals surface area (Å²) in [7, 11) is 0. The van der Waals surface area contributed by atoms with Crippen LogP contribution in [0.25, 0.3) is 0 Å². The van der Waals surface area contributed by atoms with E-state index in [9.17, 15) is 26.7 Å². The van der Waals surface area contributed by atoms with E-state index in [1.807, 2.05) is 0 Å². The highest BCUT2D eigenvalue weighted by atomic mass is 19.4. The van der Waals surface area contributed by atoms with Crippen molar-refractivity contribution in [2.45, 2.75) is 24.9 Å². The minimum atomic E-state index is -4.53. The number of piperidine rings is 1. The van der Waals surface area contributed by atoms with Crippen LogP contribution >= 0.6 is 0 Å². The minimum Gasteiger partial charge on any atom is -0.338 e. The first-order valence-electron chi connectivity index (χ1n) is 7.62. The molecule has 1 aliphatic heterocycles. The molecular formula is C16H14F5N3O. The van der Waals surface area contributed by atoms with Crippen LogP contribution in [0.3, 0.4) is 0 Å². The number of halogens is 5. The van der Waals surface area contributed by atoms with Gasteiger partial charge in [-0.3, -0.25) is 4.79 Å². The van der Waals surface area contributed by atoms with Gasteiger partial charge in [-0.15, -0.1) is 0 Å². The standard InChI is InChI=1S/C16H14F5N3O/c17-10-3-4-12(18)11(6-10)15(25)24-5-1-2-9(8-24)14-22-7-13(23-14)16(19,20)21/h3-4,6-7,9H,1-2,5,8H2,(H,22,23)/t9-/m0/s1. The van der Waals surface area contributed by atoms with Crippen molar-refractivity contribution < 1.29 is 26.7 Å². The van der Waals surface area contributed by atoms with E-state index in [2.05, 4.69) is 9.97 Å². The number of benzene rings is 1. The lowest BCUT2D eigenvalue weighted by Gasteiger charge is -2.32. The second-order valence-corrected chi connectivity index (χ2v) is 5.89. The van der Waals surface area contributed by atoms with E-state index in [1.54, 1.807) is 0 Å². The number of rotatable bonds is 2. The van der Waals surface area contributed by atoms with Gasteiger partial charge in [0.1, 0.15) is 23.2 Å². The van der Waals surface area contributed by atoms with Crippen molar-refractivity contribution in [3.63, 3.8) is 0 Å². The number of alkyl halides is 3. The first-order chi connectivity index (χ1) is 11.8. The molecule has 25 heavy (non-hydrogen) atoms. The van der Waals surface area contributed by atoms with Gasteiger partial charge >= 0.3 is 6.18 Å². The second-order valence-electron chi connectivity index (χ2n) is 5.89. The maximum absolute atomic E-state index is 13.8. The van der Waals surface area contributed by atoms with Crippen molar-refractivity contribution in [2.75, 3.05) is 13.1 Å². The molecule has 1 fully saturated rings. The van der Waals surface area contributed by atoms with Gasteiger partial charge in [-0.1, -0.05) is 0 Å². The molecule has 1 aromatic carbocycles. The predicted molar refractivity (Wildman–Crippen MR) is 77.8 cm³/mol. The zero-order valence-corrected chi connectivity index (χ0v) is 12.9. The smallest absolute Gasteiger partial charge is 0.338 e. The van der Waals surface area contributed by atoms with E-state index >= 15 is 0 Å². The molecule has 1 amide bonds. The van der Waals surface area contributed by atoms with Crippen LogP contribution in [-0.4, -0.2) is 33.9 Å². The average Bonchev–Trinajstić information content (AvgIpc) is 3.07. The van der Waals surface area contributed by atoms with E-state index in [0.717, 1.165) is 18.2 Å². The van der Waals surface area contributed by atoms with E-state index in [0.29, 0.717) is 25.6 Å². The van der Waals surface area contributed by atoms with Crippen molar-refractivity contribution in [2.24, 2.45) is 0 Å². The third-order valence-electron chi connectivity index (χ3n) is 4.15. The molecule has 2 aromatic rings. The monoisotopic (exact) mass is 359 g/mol. The number of likely N-dealkylation sites (tertiary alicyclic amines) is 1. The molecule has 9 heteroatoms. The van der Waals surface area contributed by atoms with Gasteiger partial charge in [0.25, 0.3) is 5.91 Å². The molecule has 0 saturated carbocycles. The highest BCUT2D eigenvalue weighted by Gasteiger charge is 2.35. The van der Waals surface area contributed by atoms with Crippen molar-refractivity contribution in [3.05, 3.63) is 53.1 Å². The highest BCUT2D eigenvalue weighted by molar-refractivity contribution is 5.94. The first-order valence-corrected chi connectivity index (χ1v) is 7.62. The van der Waals surface area contributed by atoms with Gasteiger partial charge in [-0.05, 0) is 31.0 Å². The number of aromatic amines is 1. The number of amides is 1. The number of carbonyl (C=O) groups is 1. The van der Waals surface area contributed by atoms with Crippen LogP contribution < -0.4 is 0 Å². The fourth-order valence-corrected chi connectivity index (χ4v) is 2.90. The zero-order chi connectivity index (χ0) is 18.2. The Morgan fingerprint density at radius 2 is 2.04 bits per heavy atom. The maximum Gasteiger partial charge on any atom is 0.432 e. The molecule has 1 atom stereocenters.